The normalized spacial score (nSPS) is 17.1. The minimum atomic E-state index is -1.20. The molecule has 0 spiro atoms. The lowest BCUT2D eigenvalue weighted by molar-refractivity contribution is 0.531. The van der Waals surface area contributed by atoms with Gasteiger partial charge in [0.25, 0.3) is 0 Å². The van der Waals surface area contributed by atoms with Gasteiger partial charge in [-0.25, -0.2) is 9.97 Å². The zero-order valence-corrected chi connectivity index (χ0v) is 19.7. The Hall–Kier alpha value is -2.34. The van der Waals surface area contributed by atoms with Crippen LogP contribution in [0.2, 0.25) is 0 Å². The van der Waals surface area contributed by atoms with Crippen molar-refractivity contribution in [1.82, 2.24) is 19.1 Å². The number of hydrogen-bond donors (Lipinski definition) is 1. The molecule has 2 atom stereocenters. The lowest BCUT2D eigenvalue weighted by atomic mass is 10.0. The van der Waals surface area contributed by atoms with Crippen molar-refractivity contribution in [1.29, 1.82) is 5.26 Å². The van der Waals surface area contributed by atoms with E-state index in [1.54, 1.807) is 6.20 Å². The number of nitriles is 1. The van der Waals surface area contributed by atoms with E-state index in [0.29, 0.717) is 5.69 Å². The second kappa shape index (κ2) is 8.30. The SMILES string of the molecule is Cc1cc([C@@H](C)N[S@+]([O-])C(C)(C)C)c2nc(N3CCCCC3)n3cc(C#N)nc3c2c1. The number of hydrogen-bond acceptors (Lipinski definition) is 6. The molecule has 1 saturated heterocycles. The van der Waals surface area contributed by atoms with Gasteiger partial charge in [-0.05, 0) is 65.5 Å². The van der Waals surface area contributed by atoms with E-state index in [9.17, 15) is 9.81 Å². The Bertz CT molecular complexity index is 1150. The summed E-state index contributed by atoms with van der Waals surface area (Å²) in [6, 6.07) is 6.20. The Kier molecular flexibility index (Phi) is 5.86. The van der Waals surface area contributed by atoms with Crippen molar-refractivity contribution in [2.75, 3.05) is 18.0 Å². The summed E-state index contributed by atoms with van der Waals surface area (Å²) in [5.74, 6) is 0.824. The minimum absolute atomic E-state index is 0.156. The van der Waals surface area contributed by atoms with Crippen molar-refractivity contribution < 1.29 is 4.55 Å². The van der Waals surface area contributed by atoms with Gasteiger partial charge in [0, 0.05) is 35.4 Å². The molecule has 1 fully saturated rings. The zero-order chi connectivity index (χ0) is 22.3. The molecule has 7 nitrogen and oxygen atoms in total. The average Bonchev–Trinajstić information content (AvgIpc) is 3.17. The fourth-order valence-electron chi connectivity index (χ4n) is 4.08. The molecule has 3 aromatic rings. The van der Waals surface area contributed by atoms with Crippen LogP contribution in [0.25, 0.3) is 16.6 Å². The lowest BCUT2D eigenvalue weighted by Crippen LogP contribution is -2.40. The maximum atomic E-state index is 12.8. The molecule has 164 valence electrons. The molecule has 1 N–H and O–H groups in total. The molecular formula is C23H30N6OS. The predicted molar refractivity (Wildman–Crippen MR) is 125 cm³/mol. The summed E-state index contributed by atoms with van der Waals surface area (Å²) in [5.41, 5.74) is 4.05. The number of aromatic nitrogens is 3. The molecule has 1 aliphatic rings. The summed E-state index contributed by atoms with van der Waals surface area (Å²) >= 11 is -1.20. The average molecular weight is 439 g/mol. The van der Waals surface area contributed by atoms with Crippen molar-refractivity contribution in [3.63, 3.8) is 0 Å². The number of piperidine rings is 1. The number of anilines is 1. The number of imidazole rings is 1. The molecule has 0 bridgehead atoms. The van der Waals surface area contributed by atoms with Gasteiger partial charge < -0.3 is 9.45 Å². The van der Waals surface area contributed by atoms with E-state index < -0.39 is 11.4 Å². The molecule has 31 heavy (non-hydrogen) atoms. The van der Waals surface area contributed by atoms with Crippen LogP contribution in [0.15, 0.2) is 18.3 Å². The van der Waals surface area contributed by atoms with E-state index in [-0.39, 0.29) is 10.8 Å². The molecule has 0 saturated carbocycles. The number of nitrogens with zero attached hydrogens (tertiary/aromatic N) is 5. The second-order valence-corrected chi connectivity index (χ2v) is 11.4. The molecule has 0 aliphatic carbocycles. The third-order valence-corrected chi connectivity index (χ3v) is 7.40. The summed E-state index contributed by atoms with van der Waals surface area (Å²) < 4.78 is 17.6. The van der Waals surface area contributed by atoms with E-state index in [2.05, 4.69) is 32.8 Å². The quantitative estimate of drug-likeness (QED) is 0.615. The van der Waals surface area contributed by atoms with Gasteiger partial charge in [0.15, 0.2) is 11.3 Å². The molecule has 0 unspecified atom stereocenters. The number of benzene rings is 1. The van der Waals surface area contributed by atoms with Crippen LogP contribution in [0.4, 0.5) is 5.95 Å². The summed E-state index contributed by atoms with van der Waals surface area (Å²) in [5, 5.41) is 10.4. The standard InChI is InChI=1S/C23H30N6OS/c1-15-11-18(16(2)27-31(30)23(3,4)5)20-19(12-15)21-25-17(13-24)14-29(21)22(26-20)28-9-7-6-8-10-28/h11-12,14,16,27H,6-10H2,1-5H3/t16-,31-/m1/s1. The fourth-order valence-corrected chi connectivity index (χ4v) is 4.88. The first kappa shape index (κ1) is 21.9. The summed E-state index contributed by atoms with van der Waals surface area (Å²) in [6.07, 6.45) is 5.27. The summed E-state index contributed by atoms with van der Waals surface area (Å²) in [6.45, 7) is 11.8. The van der Waals surface area contributed by atoms with E-state index in [1.807, 2.05) is 39.0 Å². The molecule has 0 radical (unpaired) electrons. The molecule has 1 aliphatic heterocycles. The Morgan fingerprint density at radius 1 is 1.19 bits per heavy atom. The predicted octanol–water partition coefficient (Wildman–Crippen LogP) is 4.17. The van der Waals surface area contributed by atoms with Gasteiger partial charge >= 0.3 is 0 Å². The Labute approximate surface area is 186 Å². The second-order valence-electron chi connectivity index (χ2n) is 9.36. The fraction of sp³-hybridized carbons (Fsp3) is 0.522. The molecule has 4 rings (SSSR count). The van der Waals surface area contributed by atoms with Gasteiger partial charge in [0.1, 0.15) is 10.8 Å². The van der Waals surface area contributed by atoms with Gasteiger partial charge in [-0.1, -0.05) is 6.07 Å². The Morgan fingerprint density at radius 2 is 1.90 bits per heavy atom. The molecule has 0 amide bonds. The summed E-state index contributed by atoms with van der Waals surface area (Å²) in [7, 11) is 0. The van der Waals surface area contributed by atoms with E-state index in [0.717, 1.165) is 59.6 Å². The van der Waals surface area contributed by atoms with Crippen molar-refractivity contribution in [2.45, 2.75) is 64.7 Å². The maximum absolute atomic E-state index is 12.8. The van der Waals surface area contributed by atoms with Crippen LogP contribution in [0.3, 0.4) is 0 Å². The van der Waals surface area contributed by atoms with Crippen molar-refractivity contribution >= 4 is 33.9 Å². The molecular weight excluding hydrogens is 408 g/mol. The number of fused-ring (bicyclic) bond motifs is 3. The van der Waals surface area contributed by atoms with Crippen molar-refractivity contribution in [3.05, 3.63) is 35.2 Å². The first-order valence-electron chi connectivity index (χ1n) is 10.9. The number of rotatable bonds is 4. The van der Waals surface area contributed by atoms with Crippen molar-refractivity contribution in [3.8, 4) is 6.07 Å². The Morgan fingerprint density at radius 3 is 2.55 bits per heavy atom. The highest BCUT2D eigenvalue weighted by molar-refractivity contribution is 7.90. The van der Waals surface area contributed by atoms with Gasteiger partial charge in [0.2, 0.25) is 5.95 Å². The molecule has 3 heterocycles. The zero-order valence-electron chi connectivity index (χ0n) is 18.9. The highest BCUT2D eigenvalue weighted by Gasteiger charge is 2.30. The first-order chi connectivity index (χ1) is 14.7. The van der Waals surface area contributed by atoms with E-state index in [1.165, 1.54) is 6.42 Å². The van der Waals surface area contributed by atoms with E-state index in [4.69, 9.17) is 4.98 Å². The number of aryl methyl sites for hydroxylation is 1. The van der Waals surface area contributed by atoms with Gasteiger partial charge in [-0.2, -0.15) is 5.26 Å². The van der Waals surface area contributed by atoms with Crippen LogP contribution in [-0.4, -0.2) is 36.8 Å². The van der Waals surface area contributed by atoms with Crippen molar-refractivity contribution in [2.24, 2.45) is 0 Å². The topological polar surface area (TPSA) is 92.3 Å². The highest BCUT2D eigenvalue weighted by Crippen LogP contribution is 2.32. The monoisotopic (exact) mass is 438 g/mol. The van der Waals surface area contributed by atoms with Crippen LogP contribution in [0.5, 0.6) is 0 Å². The van der Waals surface area contributed by atoms with Crippen LogP contribution >= 0.6 is 0 Å². The lowest BCUT2D eigenvalue weighted by Gasteiger charge is -2.29. The van der Waals surface area contributed by atoms with Gasteiger partial charge in [-0.3, -0.25) is 4.40 Å². The minimum Gasteiger partial charge on any atom is -0.598 e. The first-order valence-corrected chi connectivity index (χ1v) is 12.0. The van der Waals surface area contributed by atoms with Crippen LogP contribution in [-0.2, 0) is 11.4 Å². The highest BCUT2D eigenvalue weighted by atomic mass is 32.2. The van der Waals surface area contributed by atoms with E-state index >= 15 is 0 Å². The Balaban J connectivity index is 1.92. The third kappa shape index (κ3) is 4.22. The van der Waals surface area contributed by atoms with Gasteiger partial charge in [0.05, 0.1) is 17.8 Å². The maximum Gasteiger partial charge on any atom is 0.211 e. The molecule has 2 aromatic heterocycles. The molecule has 1 aromatic carbocycles. The van der Waals surface area contributed by atoms with Gasteiger partial charge in [-0.15, -0.1) is 4.72 Å². The largest absolute Gasteiger partial charge is 0.598 e. The summed E-state index contributed by atoms with van der Waals surface area (Å²) in [4.78, 5) is 12.0. The number of nitrogens with one attached hydrogen (secondary N) is 1. The third-order valence-electron chi connectivity index (χ3n) is 5.72. The van der Waals surface area contributed by atoms with Crippen LogP contribution in [0.1, 0.15) is 69.8 Å². The van der Waals surface area contributed by atoms with Crippen LogP contribution < -0.4 is 9.62 Å². The smallest absolute Gasteiger partial charge is 0.211 e. The molecule has 8 heteroatoms. The van der Waals surface area contributed by atoms with Crippen LogP contribution in [0, 0.1) is 18.3 Å².